The summed E-state index contributed by atoms with van der Waals surface area (Å²) < 4.78 is 10.8. The maximum Gasteiger partial charge on any atom is 0.265 e. The van der Waals surface area contributed by atoms with Crippen LogP contribution in [0.2, 0.25) is 0 Å². The number of nitrogens with one attached hydrogen (secondary N) is 1. The molecule has 0 heterocycles. The summed E-state index contributed by atoms with van der Waals surface area (Å²) in [5, 5.41) is 2.78. The number of amides is 1. The molecule has 21 heavy (non-hydrogen) atoms. The van der Waals surface area contributed by atoms with E-state index in [0.29, 0.717) is 22.9 Å². The zero-order valence-corrected chi connectivity index (χ0v) is 12.0. The Kier molecular flexibility index (Phi) is 4.66. The van der Waals surface area contributed by atoms with Crippen LogP contribution in [0.25, 0.3) is 0 Å². The lowest BCUT2D eigenvalue weighted by Crippen LogP contribution is -2.30. The van der Waals surface area contributed by atoms with E-state index in [4.69, 9.17) is 15.2 Å². The molecule has 0 saturated heterocycles. The molecular formula is C16H18N2O3. The van der Waals surface area contributed by atoms with Gasteiger partial charge in [-0.2, -0.15) is 0 Å². The fourth-order valence-corrected chi connectivity index (χ4v) is 1.79. The molecule has 0 radical (unpaired) electrons. The van der Waals surface area contributed by atoms with Gasteiger partial charge >= 0.3 is 0 Å². The minimum absolute atomic E-state index is 0.253. The van der Waals surface area contributed by atoms with Crippen LogP contribution in [0.15, 0.2) is 48.5 Å². The third kappa shape index (κ3) is 3.89. The molecular weight excluding hydrogens is 268 g/mol. The molecule has 2 aromatic carbocycles. The van der Waals surface area contributed by atoms with Gasteiger partial charge in [-0.3, -0.25) is 4.79 Å². The van der Waals surface area contributed by atoms with Crippen molar-refractivity contribution >= 4 is 17.3 Å². The number of nitrogen functional groups attached to an aromatic ring is 1. The van der Waals surface area contributed by atoms with E-state index >= 15 is 0 Å². The average molecular weight is 286 g/mol. The maximum atomic E-state index is 12.1. The number of hydrogen-bond acceptors (Lipinski definition) is 4. The number of benzene rings is 2. The van der Waals surface area contributed by atoms with E-state index in [9.17, 15) is 4.79 Å². The Morgan fingerprint density at radius 2 is 1.81 bits per heavy atom. The van der Waals surface area contributed by atoms with Gasteiger partial charge in [0.2, 0.25) is 0 Å². The summed E-state index contributed by atoms with van der Waals surface area (Å²) in [5.41, 5.74) is 6.86. The molecule has 1 amide bonds. The van der Waals surface area contributed by atoms with Crippen molar-refractivity contribution < 1.29 is 14.3 Å². The summed E-state index contributed by atoms with van der Waals surface area (Å²) >= 11 is 0. The van der Waals surface area contributed by atoms with Crippen LogP contribution in [0.1, 0.15) is 6.92 Å². The molecule has 0 aliphatic heterocycles. The third-order valence-electron chi connectivity index (χ3n) is 2.93. The van der Waals surface area contributed by atoms with Crippen LogP contribution in [0.4, 0.5) is 11.4 Å². The van der Waals surface area contributed by atoms with Gasteiger partial charge in [0, 0.05) is 5.69 Å². The van der Waals surface area contributed by atoms with Crippen LogP contribution < -0.4 is 20.5 Å². The fraction of sp³-hybridized carbons (Fsp3) is 0.188. The van der Waals surface area contributed by atoms with E-state index in [0.717, 1.165) is 0 Å². The lowest BCUT2D eigenvalue weighted by molar-refractivity contribution is -0.122. The van der Waals surface area contributed by atoms with E-state index in [-0.39, 0.29) is 5.91 Å². The van der Waals surface area contributed by atoms with Crippen molar-refractivity contribution in [3.05, 3.63) is 48.5 Å². The Balaban J connectivity index is 2.01. The molecule has 110 valence electrons. The standard InChI is InChI=1S/C16H18N2O3/c1-11(21-13-9-7-12(17)8-10-13)16(19)18-14-5-3-4-6-15(14)20-2/h3-11H,17H2,1-2H3,(H,18,19). The predicted octanol–water partition coefficient (Wildman–Crippen LogP) is 2.68. The third-order valence-corrected chi connectivity index (χ3v) is 2.93. The quantitative estimate of drug-likeness (QED) is 0.829. The molecule has 1 atom stereocenters. The lowest BCUT2D eigenvalue weighted by atomic mass is 10.2. The molecule has 0 aliphatic rings. The van der Waals surface area contributed by atoms with E-state index in [1.54, 1.807) is 50.4 Å². The van der Waals surface area contributed by atoms with Crippen molar-refractivity contribution in [1.82, 2.24) is 0 Å². The predicted molar refractivity (Wildman–Crippen MR) is 82.6 cm³/mol. The first-order valence-electron chi connectivity index (χ1n) is 6.56. The molecule has 2 aromatic rings. The molecule has 0 fully saturated rings. The molecule has 2 rings (SSSR count). The molecule has 0 bridgehead atoms. The zero-order valence-electron chi connectivity index (χ0n) is 12.0. The van der Waals surface area contributed by atoms with Gasteiger partial charge in [-0.1, -0.05) is 12.1 Å². The normalized spacial score (nSPS) is 11.5. The van der Waals surface area contributed by atoms with Gasteiger partial charge in [0.1, 0.15) is 11.5 Å². The largest absolute Gasteiger partial charge is 0.495 e. The number of rotatable bonds is 5. The zero-order chi connectivity index (χ0) is 15.2. The van der Waals surface area contributed by atoms with Gasteiger partial charge in [0.05, 0.1) is 12.8 Å². The summed E-state index contributed by atoms with van der Waals surface area (Å²) in [6, 6.07) is 14.1. The van der Waals surface area contributed by atoms with E-state index in [2.05, 4.69) is 5.32 Å². The number of anilines is 2. The monoisotopic (exact) mass is 286 g/mol. The molecule has 0 saturated carbocycles. The van der Waals surface area contributed by atoms with Crippen molar-refractivity contribution in [3.63, 3.8) is 0 Å². The Morgan fingerprint density at radius 1 is 1.14 bits per heavy atom. The summed E-state index contributed by atoms with van der Waals surface area (Å²) in [6.07, 6.45) is -0.640. The van der Waals surface area contributed by atoms with Gasteiger partial charge in [0.15, 0.2) is 6.10 Å². The minimum Gasteiger partial charge on any atom is -0.495 e. The summed E-state index contributed by atoms with van der Waals surface area (Å²) in [5.74, 6) is 0.939. The molecule has 1 unspecified atom stereocenters. The number of carbonyl (C=O) groups is 1. The SMILES string of the molecule is COc1ccccc1NC(=O)C(C)Oc1ccc(N)cc1. The van der Waals surface area contributed by atoms with Crippen LogP contribution in [0, 0.1) is 0 Å². The molecule has 5 heteroatoms. The number of hydrogen-bond donors (Lipinski definition) is 2. The highest BCUT2D eigenvalue weighted by molar-refractivity contribution is 5.95. The molecule has 0 spiro atoms. The first kappa shape index (κ1) is 14.7. The fourth-order valence-electron chi connectivity index (χ4n) is 1.79. The lowest BCUT2D eigenvalue weighted by Gasteiger charge is -2.16. The van der Waals surface area contributed by atoms with Crippen LogP contribution in [-0.4, -0.2) is 19.1 Å². The Bertz CT molecular complexity index is 611. The maximum absolute atomic E-state index is 12.1. The number of para-hydroxylation sites is 2. The number of methoxy groups -OCH3 is 1. The van der Waals surface area contributed by atoms with Crippen molar-refractivity contribution in [2.45, 2.75) is 13.0 Å². The first-order valence-corrected chi connectivity index (χ1v) is 6.56. The summed E-state index contributed by atoms with van der Waals surface area (Å²) in [4.78, 5) is 12.1. The van der Waals surface area contributed by atoms with Gasteiger partial charge in [0.25, 0.3) is 5.91 Å². The Morgan fingerprint density at radius 3 is 2.48 bits per heavy atom. The van der Waals surface area contributed by atoms with Gasteiger partial charge in [-0.25, -0.2) is 0 Å². The van der Waals surface area contributed by atoms with Crippen molar-refractivity contribution in [1.29, 1.82) is 0 Å². The highest BCUT2D eigenvalue weighted by Gasteiger charge is 2.16. The average Bonchev–Trinajstić information content (AvgIpc) is 2.50. The topological polar surface area (TPSA) is 73.6 Å². The number of ether oxygens (including phenoxy) is 2. The van der Waals surface area contributed by atoms with Crippen LogP contribution in [0.3, 0.4) is 0 Å². The molecule has 0 aromatic heterocycles. The Labute approximate surface area is 123 Å². The van der Waals surface area contributed by atoms with E-state index < -0.39 is 6.10 Å². The second-order valence-electron chi connectivity index (χ2n) is 4.52. The summed E-state index contributed by atoms with van der Waals surface area (Å²) in [6.45, 7) is 1.68. The van der Waals surface area contributed by atoms with Gasteiger partial charge in [-0.05, 0) is 43.3 Å². The first-order chi connectivity index (χ1) is 10.1. The number of carbonyl (C=O) groups excluding carboxylic acids is 1. The molecule has 0 aliphatic carbocycles. The number of nitrogens with two attached hydrogens (primary N) is 1. The second kappa shape index (κ2) is 6.65. The molecule has 3 N–H and O–H groups in total. The highest BCUT2D eigenvalue weighted by atomic mass is 16.5. The van der Waals surface area contributed by atoms with Crippen LogP contribution in [0.5, 0.6) is 11.5 Å². The van der Waals surface area contributed by atoms with Gasteiger partial charge < -0.3 is 20.5 Å². The van der Waals surface area contributed by atoms with Gasteiger partial charge in [-0.15, -0.1) is 0 Å². The second-order valence-corrected chi connectivity index (χ2v) is 4.52. The van der Waals surface area contributed by atoms with Crippen LogP contribution >= 0.6 is 0 Å². The van der Waals surface area contributed by atoms with E-state index in [1.165, 1.54) is 0 Å². The van der Waals surface area contributed by atoms with Crippen LogP contribution in [-0.2, 0) is 4.79 Å². The summed E-state index contributed by atoms with van der Waals surface area (Å²) in [7, 11) is 1.55. The van der Waals surface area contributed by atoms with E-state index in [1.807, 2.05) is 12.1 Å². The van der Waals surface area contributed by atoms with Crippen molar-refractivity contribution in [2.75, 3.05) is 18.2 Å². The minimum atomic E-state index is -0.640. The molecule has 5 nitrogen and oxygen atoms in total. The van der Waals surface area contributed by atoms with Crippen molar-refractivity contribution in [3.8, 4) is 11.5 Å². The highest BCUT2D eigenvalue weighted by Crippen LogP contribution is 2.23. The smallest absolute Gasteiger partial charge is 0.265 e. The van der Waals surface area contributed by atoms with Crippen molar-refractivity contribution in [2.24, 2.45) is 0 Å². The Hall–Kier alpha value is -2.69.